The molecule has 82 valence electrons. The Balaban J connectivity index is 2.82. The van der Waals surface area contributed by atoms with Gasteiger partial charge in [-0.1, -0.05) is 18.2 Å². The summed E-state index contributed by atoms with van der Waals surface area (Å²) >= 11 is 0. The van der Waals surface area contributed by atoms with Crippen molar-refractivity contribution in [2.75, 3.05) is 13.1 Å². The van der Waals surface area contributed by atoms with Gasteiger partial charge in [0.1, 0.15) is 5.82 Å². The van der Waals surface area contributed by atoms with E-state index in [1.165, 1.54) is 6.07 Å². The number of benzene rings is 1. The fourth-order valence-electron chi connectivity index (χ4n) is 1.39. The van der Waals surface area contributed by atoms with Crippen molar-refractivity contribution in [2.45, 2.75) is 13.0 Å². The fraction of sp³-hybridized carbons (Fsp3) is 0.333. The summed E-state index contributed by atoms with van der Waals surface area (Å²) in [5.74, 6) is -0.189. The predicted molar refractivity (Wildman–Crippen MR) is 61.1 cm³/mol. The summed E-state index contributed by atoms with van der Waals surface area (Å²) in [6, 6.07) is 5.18. The maximum atomic E-state index is 13.3. The van der Waals surface area contributed by atoms with Crippen LogP contribution in [0.4, 0.5) is 4.39 Å². The molecule has 0 aliphatic heterocycles. The highest BCUT2D eigenvalue weighted by Gasteiger charge is 2.09. The molecular weight excluding hydrogens is 191 g/mol. The highest BCUT2D eigenvalue weighted by atomic mass is 19.1. The zero-order valence-electron chi connectivity index (χ0n) is 8.96. The van der Waals surface area contributed by atoms with Crippen LogP contribution in [0.25, 0.3) is 0 Å². The molecule has 0 spiro atoms. The second kappa shape index (κ2) is 5.63. The Bertz CT molecular complexity index is 336. The molecule has 2 nitrogen and oxygen atoms in total. The molecule has 0 heterocycles. The summed E-state index contributed by atoms with van der Waals surface area (Å²) in [4.78, 5) is 0. The van der Waals surface area contributed by atoms with Crippen LogP contribution in [0.5, 0.6) is 0 Å². The highest BCUT2D eigenvalue weighted by Crippen LogP contribution is 2.15. The Morgan fingerprint density at radius 2 is 2.33 bits per heavy atom. The van der Waals surface area contributed by atoms with Crippen LogP contribution in [-0.4, -0.2) is 13.1 Å². The van der Waals surface area contributed by atoms with E-state index in [-0.39, 0.29) is 11.9 Å². The molecule has 0 aromatic heterocycles. The van der Waals surface area contributed by atoms with Crippen molar-refractivity contribution in [2.24, 2.45) is 5.73 Å². The quantitative estimate of drug-likeness (QED) is 0.725. The Kier molecular flexibility index (Phi) is 4.46. The van der Waals surface area contributed by atoms with Crippen LogP contribution < -0.4 is 11.1 Å². The third-order valence-corrected chi connectivity index (χ3v) is 2.34. The zero-order valence-corrected chi connectivity index (χ0v) is 8.96. The largest absolute Gasteiger partial charge is 0.329 e. The molecule has 0 saturated carbocycles. The van der Waals surface area contributed by atoms with Crippen molar-refractivity contribution in [3.05, 3.63) is 47.8 Å². The molecule has 0 aliphatic carbocycles. The molecule has 0 saturated heterocycles. The number of rotatable bonds is 5. The normalized spacial score (nSPS) is 12.5. The first-order valence-electron chi connectivity index (χ1n) is 4.99. The SMILES string of the molecule is C=CCNC(CN)c1ccc(C)c(F)c1. The van der Waals surface area contributed by atoms with E-state index in [9.17, 15) is 4.39 Å². The lowest BCUT2D eigenvalue weighted by molar-refractivity contribution is 0.565. The van der Waals surface area contributed by atoms with E-state index in [0.29, 0.717) is 18.7 Å². The molecule has 1 rings (SSSR count). The van der Waals surface area contributed by atoms with Gasteiger partial charge in [-0.2, -0.15) is 0 Å². The van der Waals surface area contributed by atoms with Gasteiger partial charge in [0.25, 0.3) is 0 Å². The lowest BCUT2D eigenvalue weighted by Crippen LogP contribution is -2.28. The van der Waals surface area contributed by atoms with E-state index in [1.807, 2.05) is 6.07 Å². The third kappa shape index (κ3) is 3.15. The van der Waals surface area contributed by atoms with Crippen molar-refractivity contribution < 1.29 is 4.39 Å². The minimum Gasteiger partial charge on any atom is -0.329 e. The summed E-state index contributed by atoms with van der Waals surface area (Å²) in [5.41, 5.74) is 7.14. The lowest BCUT2D eigenvalue weighted by atomic mass is 10.0. The van der Waals surface area contributed by atoms with Gasteiger partial charge in [-0.3, -0.25) is 0 Å². The standard InChI is InChI=1S/C12H17FN2/c1-3-6-15-12(8-14)10-5-4-9(2)11(13)7-10/h3-5,7,12,15H,1,6,8,14H2,2H3. The Morgan fingerprint density at radius 1 is 1.60 bits per heavy atom. The minimum absolute atomic E-state index is 0.0156. The van der Waals surface area contributed by atoms with E-state index in [2.05, 4.69) is 11.9 Å². The smallest absolute Gasteiger partial charge is 0.126 e. The second-order valence-electron chi connectivity index (χ2n) is 3.49. The lowest BCUT2D eigenvalue weighted by Gasteiger charge is -2.16. The molecule has 3 heteroatoms. The Morgan fingerprint density at radius 3 is 2.87 bits per heavy atom. The molecule has 1 atom stereocenters. The van der Waals surface area contributed by atoms with Crippen LogP contribution in [0.1, 0.15) is 17.2 Å². The Labute approximate surface area is 90.0 Å². The second-order valence-corrected chi connectivity index (χ2v) is 3.49. The maximum absolute atomic E-state index is 13.3. The first kappa shape index (κ1) is 11.9. The van der Waals surface area contributed by atoms with E-state index < -0.39 is 0 Å². The summed E-state index contributed by atoms with van der Waals surface area (Å²) in [7, 11) is 0. The molecule has 3 N–H and O–H groups in total. The van der Waals surface area contributed by atoms with Gasteiger partial charge in [0, 0.05) is 19.1 Å². The average molecular weight is 208 g/mol. The molecule has 0 bridgehead atoms. The Hall–Kier alpha value is -1.19. The molecule has 1 aromatic carbocycles. The van der Waals surface area contributed by atoms with E-state index in [4.69, 9.17) is 5.73 Å². The van der Waals surface area contributed by atoms with Gasteiger partial charge in [-0.25, -0.2) is 4.39 Å². The van der Waals surface area contributed by atoms with E-state index in [0.717, 1.165) is 5.56 Å². The third-order valence-electron chi connectivity index (χ3n) is 2.34. The van der Waals surface area contributed by atoms with Crippen LogP contribution >= 0.6 is 0 Å². The molecule has 0 amide bonds. The topological polar surface area (TPSA) is 38.0 Å². The molecule has 0 fully saturated rings. The predicted octanol–water partition coefficient (Wildman–Crippen LogP) is 1.91. The van der Waals surface area contributed by atoms with Gasteiger partial charge in [0.15, 0.2) is 0 Å². The summed E-state index contributed by atoms with van der Waals surface area (Å²) in [5, 5.41) is 3.17. The van der Waals surface area contributed by atoms with Crippen LogP contribution in [0.2, 0.25) is 0 Å². The molecule has 0 radical (unpaired) electrons. The van der Waals surface area contributed by atoms with Crippen LogP contribution in [-0.2, 0) is 0 Å². The average Bonchev–Trinajstić information content (AvgIpc) is 2.24. The maximum Gasteiger partial charge on any atom is 0.126 e. The van der Waals surface area contributed by atoms with Gasteiger partial charge in [-0.15, -0.1) is 6.58 Å². The van der Waals surface area contributed by atoms with Crippen LogP contribution in [0, 0.1) is 12.7 Å². The number of hydrogen-bond donors (Lipinski definition) is 2. The molecular formula is C12H17FN2. The molecule has 0 aliphatic rings. The van der Waals surface area contributed by atoms with E-state index >= 15 is 0 Å². The van der Waals surface area contributed by atoms with E-state index in [1.54, 1.807) is 19.1 Å². The van der Waals surface area contributed by atoms with Gasteiger partial charge >= 0.3 is 0 Å². The number of nitrogens with two attached hydrogens (primary N) is 1. The minimum atomic E-state index is -0.189. The number of nitrogens with one attached hydrogen (secondary N) is 1. The highest BCUT2D eigenvalue weighted by molar-refractivity contribution is 5.26. The first-order chi connectivity index (χ1) is 7.19. The van der Waals surface area contributed by atoms with Gasteiger partial charge in [-0.05, 0) is 24.1 Å². The van der Waals surface area contributed by atoms with Crippen molar-refractivity contribution in [3.8, 4) is 0 Å². The van der Waals surface area contributed by atoms with Crippen molar-refractivity contribution >= 4 is 0 Å². The molecule has 1 aromatic rings. The zero-order chi connectivity index (χ0) is 11.3. The van der Waals surface area contributed by atoms with Gasteiger partial charge in [0.2, 0.25) is 0 Å². The number of hydrogen-bond acceptors (Lipinski definition) is 2. The number of halogens is 1. The molecule has 1 unspecified atom stereocenters. The van der Waals surface area contributed by atoms with Gasteiger partial charge < -0.3 is 11.1 Å². The van der Waals surface area contributed by atoms with Crippen molar-refractivity contribution in [1.29, 1.82) is 0 Å². The summed E-state index contributed by atoms with van der Waals surface area (Å²) in [6.07, 6.45) is 1.76. The fourth-order valence-corrected chi connectivity index (χ4v) is 1.39. The number of aryl methyl sites for hydroxylation is 1. The van der Waals surface area contributed by atoms with Crippen molar-refractivity contribution in [1.82, 2.24) is 5.32 Å². The van der Waals surface area contributed by atoms with Crippen LogP contribution in [0.3, 0.4) is 0 Å². The summed E-state index contributed by atoms with van der Waals surface area (Å²) < 4.78 is 13.3. The van der Waals surface area contributed by atoms with Crippen molar-refractivity contribution in [3.63, 3.8) is 0 Å². The van der Waals surface area contributed by atoms with Gasteiger partial charge in [0.05, 0.1) is 0 Å². The monoisotopic (exact) mass is 208 g/mol. The van der Waals surface area contributed by atoms with Crippen LogP contribution in [0.15, 0.2) is 30.9 Å². The first-order valence-corrected chi connectivity index (χ1v) is 4.99. The summed E-state index contributed by atoms with van der Waals surface area (Å²) in [6.45, 7) is 6.46. The molecule has 15 heavy (non-hydrogen) atoms.